The first-order valence-electron chi connectivity index (χ1n) is 5.59. The van der Waals surface area contributed by atoms with Crippen molar-refractivity contribution in [2.45, 2.75) is 26.1 Å². The van der Waals surface area contributed by atoms with Gasteiger partial charge in [-0.25, -0.2) is 0 Å². The summed E-state index contributed by atoms with van der Waals surface area (Å²) >= 11 is 7.98. The quantitative estimate of drug-likeness (QED) is 0.605. The Morgan fingerprint density at radius 2 is 2.22 bits per heavy atom. The van der Waals surface area contributed by atoms with Gasteiger partial charge in [-0.3, -0.25) is 4.79 Å². The van der Waals surface area contributed by atoms with E-state index < -0.39 is 0 Å². The van der Waals surface area contributed by atoms with Crippen LogP contribution in [0.2, 0.25) is 5.02 Å². The lowest BCUT2D eigenvalue weighted by molar-refractivity contribution is -0.131. The zero-order valence-electron chi connectivity index (χ0n) is 10.4. The van der Waals surface area contributed by atoms with E-state index >= 15 is 0 Å². The molecule has 2 rings (SSSR count). The second kappa shape index (κ2) is 5.24. The van der Waals surface area contributed by atoms with E-state index in [1.165, 1.54) is 11.8 Å². The summed E-state index contributed by atoms with van der Waals surface area (Å²) in [6.07, 6.45) is 2.05. The first-order chi connectivity index (χ1) is 8.47. The Kier molecular flexibility index (Phi) is 3.88. The number of halogens is 1. The van der Waals surface area contributed by atoms with E-state index in [1.807, 2.05) is 6.20 Å². The van der Waals surface area contributed by atoms with Gasteiger partial charge in [0.1, 0.15) is 5.75 Å². The number of hydrogen-bond acceptors (Lipinski definition) is 4. The minimum absolute atomic E-state index is 0.287. The molecule has 3 nitrogen and oxygen atoms in total. The van der Waals surface area contributed by atoms with Crippen molar-refractivity contribution in [1.29, 1.82) is 0 Å². The highest BCUT2D eigenvalue weighted by atomic mass is 35.5. The van der Waals surface area contributed by atoms with Crippen LogP contribution in [0.4, 0.5) is 5.69 Å². The lowest BCUT2D eigenvalue weighted by Gasteiger charge is -2.23. The average Bonchev–Trinajstić information content (AvgIpc) is 2.60. The molecule has 1 aliphatic rings. The lowest BCUT2D eigenvalue weighted by atomic mass is 10.2. The maximum atomic E-state index is 11.0. The summed E-state index contributed by atoms with van der Waals surface area (Å²) < 4.78 is 5.08. The SMILES string of the molecule is CC(=O)Oc1ccc(Cl)c(N2C=C(C)SC2C)c1. The molecule has 0 saturated heterocycles. The van der Waals surface area contributed by atoms with Crippen LogP contribution in [0.5, 0.6) is 5.75 Å². The molecule has 1 aromatic carbocycles. The molecule has 5 heteroatoms. The summed E-state index contributed by atoms with van der Waals surface area (Å²) in [5, 5.41) is 0.930. The van der Waals surface area contributed by atoms with Gasteiger partial charge in [-0.15, -0.1) is 11.8 Å². The molecule has 1 atom stereocenters. The molecule has 1 aromatic rings. The number of carbonyl (C=O) groups is 1. The van der Waals surface area contributed by atoms with Gasteiger partial charge in [0.25, 0.3) is 0 Å². The molecule has 0 fully saturated rings. The van der Waals surface area contributed by atoms with Gasteiger partial charge >= 0.3 is 5.97 Å². The fraction of sp³-hybridized carbons (Fsp3) is 0.308. The van der Waals surface area contributed by atoms with Crippen molar-refractivity contribution < 1.29 is 9.53 Å². The van der Waals surface area contributed by atoms with Gasteiger partial charge in [-0.2, -0.15) is 0 Å². The van der Waals surface area contributed by atoms with Gasteiger partial charge in [-0.05, 0) is 26.0 Å². The average molecular weight is 284 g/mol. The number of benzene rings is 1. The van der Waals surface area contributed by atoms with Crippen molar-refractivity contribution >= 4 is 35.0 Å². The van der Waals surface area contributed by atoms with Crippen LogP contribution in [0, 0.1) is 0 Å². The number of ether oxygens (including phenoxy) is 1. The summed E-state index contributed by atoms with van der Waals surface area (Å²) in [5.41, 5.74) is 0.854. The van der Waals surface area contributed by atoms with Crippen molar-refractivity contribution in [3.05, 3.63) is 34.3 Å². The van der Waals surface area contributed by atoms with E-state index in [9.17, 15) is 4.79 Å². The second-order valence-corrected chi connectivity index (χ2v) is 6.04. The fourth-order valence-corrected chi connectivity index (χ4v) is 3.06. The molecule has 0 amide bonds. The number of anilines is 1. The molecule has 1 heterocycles. The topological polar surface area (TPSA) is 29.5 Å². The van der Waals surface area contributed by atoms with Crippen LogP contribution >= 0.6 is 23.4 Å². The maximum Gasteiger partial charge on any atom is 0.308 e. The molecule has 0 spiro atoms. The molecule has 1 aliphatic heterocycles. The normalized spacial score (nSPS) is 18.8. The van der Waals surface area contributed by atoms with Crippen LogP contribution in [0.15, 0.2) is 29.3 Å². The van der Waals surface area contributed by atoms with Crippen molar-refractivity contribution in [1.82, 2.24) is 0 Å². The van der Waals surface area contributed by atoms with Crippen LogP contribution in [-0.2, 0) is 4.79 Å². The van der Waals surface area contributed by atoms with E-state index in [0.29, 0.717) is 10.8 Å². The number of allylic oxidation sites excluding steroid dienone is 1. The first kappa shape index (κ1) is 13.3. The number of carbonyl (C=O) groups excluding carboxylic acids is 1. The van der Waals surface area contributed by atoms with Crippen molar-refractivity contribution in [2.75, 3.05) is 4.90 Å². The molecule has 1 unspecified atom stereocenters. The Hall–Kier alpha value is -1.13. The van der Waals surface area contributed by atoms with Gasteiger partial charge in [0.15, 0.2) is 0 Å². The summed E-state index contributed by atoms with van der Waals surface area (Å²) in [6, 6.07) is 5.22. The Balaban J connectivity index is 2.34. The van der Waals surface area contributed by atoms with Crippen LogP contribution in [0.25, 0.3) is 0 Å². The minimum atomic E-state index is -0.334. The maximum absolute atomic E-state index is 11.0. The highest BCUT2D eigenvalue weighted by molar-refractivity contribution is 8.04. The Labute approximate surface area is 116 Å². The highest BCUT2D eigenvalue weighted by Crippen LogP contribution is 2.40. The van der Waals surface area contributed by atoms with E-state index in [4.69, 9.17) is 16.3 Å². The predicted octanol–water partition coefficient (Wildman–Crippen LogP) is 4.03. The second-order valence-electron chi connectivity index (χ2n) is 4.07. The standard InChI is InChI=1S/C13H14ClNO2S/c1-8-7-15(9(2)18-8)13-6-11(17-10(3)16)4-5-12(13)14/h4-7,9H,1-3H3. The van der Waals surface area contributed by atoms with Gasteiger partial charge in [0.05, 0.1) is 16.1 Å². The third kappa shape index (κ3) is 2.82. The fourth-order valence-electron chi connectivity index (χ4n) is 1.84. The van der Waals surface area contributed by atoms with Crippen molar-refractivity contribution in [3.63, 3.8) is 0 Å². The molecule has 0 saturated carbocycles. The summed E-state index contributed by atoms with van der Waals surface area (Å²) in [4.78, 5) is 14.3. The number of nitrogens with zero attached hydrogens (tertiary/aromatic N) is 1. The number of rotatable bonds is 2. The molecule has 0 aromatic heterocycles. The Bertz CT molecular complexity index is 516. The zero-order valence-corrected chi connectivity index (χ0v) is 12.0. The summed E-state index contributed by atoms with van der Waals surface area (Å²) in [7, 11) is 0. The molecule has 0 aliphatic carbocycles. The van der Waals surface area contributed by atoms with Gasteiger partial charge in [0.2, 0.25) is 0 Å². The van der Waals surface area contributed by atoms with Crippen LogP contribution in [0.1, 0.15) is 20.8 Å². The number of esters is 1. The van der Waals surface area contributed by atoms with Crippen LogP contribution < -0.4 is 9.64 Å². The number of thioether (sulfide) groups is 1. The van der Waals surface area contributed by atoms with Gasteiger partial charge in [-0.1, -0.05) is 11.6 Å². The van der Waals surface area contributed by atoms with E-state index in [0.717, 1.165) is 5.69 Å². The summed E-state index contributed by atoms with van der Waals surface area (Å²) in [5.74, 6) is 0.177. The smallest absolute Gasteiger partial charge is 0.308 e. The molecule has 0 N–H and O–H groups in total. The molecule has 0 bridgehead atoms. The molecule has 96 valence electrons. The molecular formula is C13H14ClNO2S. The number of hydrogen-bond donors (Lipinski definition) is 0. The van der Waals surface area contributed by atoms with Crippen LogP contribution in [-0.4, -0.2) is 11.3 Å². The highest BCUT2D eigenvalue weighted by Gasteiger charge is 2.22. The lowest BCUT2D eigenvalue weighted by Crippen LogP contribution is -2.21. The third-order valence-corrected chi connectivity index (χ3v) is 3.89. The third-order valence-electron chi connectivity index (χ3n) is 2.53. The van der Waals surface area contributed by atoms with Gasteiger partial charge in [0, 0.05) is 24.1 Å². The van der Waals surface area contributed by atoms with Crippen molar-refractivity contribution in [3.8, 4) is 5.75 Å². The monoisotopic (exact) mass is 283 g/mol. The zero-order chi connectivity index (χ0) is 13.3. The van der Waals surface area contributed by atoms with Crippen molar-refractivity contribution in [2.24, 2.45) is 0 Å². The molecule has 0 radical (unpaired) electrons. The van der Waals surface area contributed by atoms with E-state index in [-0.39, 0.29) is 11.3 Å². The molecular weight excluding hydrogens is 270 g/mol. The molecule has 18 heavy (non-hydrogen) atoms. The van der Waals surface area contributed by atoms with E-state index in [2.05, 4.69) is 18.7 Å². The predicted molar refractivity (Wildman–Crippen MR) is 76.1 cm³/mol. The Morgan fingerprint density at radius 3 is 2.78 bits per heavy atom. The Morgan fingerprint density at radius 1 is 1.50 bits per heavy atom. The van der Waals surface area contributed by atoms with Crippen LogP contribution in [0.3, 0.4) is 0 Å². The minimum Gasteiger partial charge on any atom is -0.427 e. The van der Waals surface area contributed by atoms with E-state index in [1.54, 1.807) is 30.0 Å². The first-order valence-corrected chi connectivity index (χ1v) is 6.84. The summed E-state index contributed by atoms with van der Waals surface area (Å²) in [6.45, 7) is 5.55. The largest absolute Gasteiger partial charge is 0.427 e. The van der Waals surface area contributed by atoms with Gasteiger partial charge < -0.3 is 9.64 Å².